The van der Waals surface area contributed by atoms with Crippen LogP contribution in [0.15, 0.2) is 0 Å². The van der Waals surface area contributed by atoms with Crippen molar-refractivity contribution in [2.45, 2.75) is 62.2 Å². The van der Waals surface area contributed by atoms with Gasteiger partial charge in [0.1, 0.15) is 12.1 Å². The van der Waals surface area contributed by atoms with E-state index >= 15 is 0 Å². The minimum absolute atomic E-state index is 0.180. The van der Waals surface area contributed by atoms with Gasteiger partial charge in [0.15, 0.2) is 0 Å². The fourth-order valence-corrected chi connectivity index (χ4v) is 7.50. The van der Waals surface area contributed by atoms with Crippen molar-refractivity contribution in [1.82, 2.24) is 15.5 Å². The number of carbonyl (C=O) groups excluding carboxylic acids is 3. The van der Waals surface area contributed by atoms with Crippen LogP contribution in [-0.2, 0) is 9.59 Å². The van der Waals surface area contributed by atoms with E-state index in [-0.39, 0.29) is 28.1 Å². The predicted octanol–water partition coefficient (Wildman–Crippen LogP) is 2.17. The van der Waals surface area contributed by atoms with Gasteiger partial charge in [-0.25, -0.2) is 4.79 Å². The second-order valence-electron chi connectivity index (χ2n) is 9.34. The zero-order valence-electron chi connectivity index (χ0n) is 14.9. The van der Waals surface area contributed by atoms with Gasteiger partial charge in [0, 0.05) is 10.9 Å². The SMILES string of the molecule is CC1(C)NC(=O)N(CC(=O)NCC23CC4CC(CC(Br)(C4)C2)C3)C1=O. The van der Waals surface area contributed by atoms with Crippen LogP contribution in [0.25, 0.3) is 0 Å². The Morgan fingerprint density at radius 2 is 1.88 bits per heavy atom. The summed E-state index contributed by atoms with van der Waals surface area (Å²) in [5.74, 6) is 0.941. The lowest BCUT2D eigenvalue weighted by Gasteiger charge is -2.60. The molecule has 1 aliphatic heterocycles. The van der Waals surface area contributed by atoms with Gasteiger partial charge in [-0.1, -0.05) is 15.9 Å². The molecule has 4 aliphatic carbocycles. The van der Waals surface area contributed by atoms with Crippen molar-refractivity contribution < 1.29 is 14.4 Å². The summed E-state index contributed by atoms with van der Waals surface area (Å²) in [6, 6.07) is -0.487. The summed E-state index contributed by atoms with van der Waals surface area (Å²) >= 11 is 3.98. The van der Waals surface area contributed by atoms with Gasteiger partial charge in [0.2, 0.25) is 5.91 Å². The van der Waals surface area contributed by atoms with Crippen LogP contribution in [0.5, 0.6) is 0 Å². The summed E-state index contributed by atoms with van der Waals surface area (Å²) in [6.45, 7) is 3.75. The van der Waals surface area contributed by atoms with E-state index in [9.17, 15) is 14.4 Å². The Bertz CT molecular complexity index is 633. The molecule has 6 nitrogen and oxygen atoms in total. The highest BCUT2D eigenvalue weighted by Crippen LogP contribution is 2.64. The summed E-state index contributed by atoms with van der Waals surface area (Å²) in [5.41, 5.74) is -0.751. The molecule has 2 atom stereocenters. The van der Waals surface area contributed by atoms with Crippen molar-refractivity contribution >= 4 is 33.8 Å². The minimum atomic E-state index is -0.931. The maximum atomic E-state index is 12.4. The third kappa shape index (κ3) is 2.98. The monoisotopic (exact) mass is 411 g/mol. The fraction of sp³-hybridized carbons (Fsp3) is 0.833. The van der Waals surface area contributed by atoms with Crippen molar-refractivity contribution in [2.75, 3.05) is 13.1 Å². The molecule has 4 amide bonds. The van der Waals surface area contributed by atoms with E-state index in [2.05, 4.69) is 26.6 Å². The molecule has 4 saturated carbocycles. The Morgan fingerprint density at radius 1 is 1.24 bits per heavy atom. The number of carbonyl (C=O) groups is 3. The number of halogens is 1. The average molecular weight is 412 g/mol. The topological polar surface area (TPSA) is 78.5 Å². The molecule has 138 valence electrons. The van der Waals surface area contributed by atoms with Crippen LogP contribution < -0.4 is 10.6 Å². The lowest BCUT2D eigenvalue weighted by atomic mass is 9.49. The molecule has 0 spiro atoms. The number of imide groups is 1. The summed E-state index contributed by atoms with van der Waals surface area (Å²) < 4.78 is 0.261. The second-order valence-corrected chi connectivity index (χ2v) is 11.0. The maximum absolute atomic E-state index is 12.4. The number of hydrogen-bond donors (Lipinski definition) is 2. The van der Waals surface area contributed by atoms with Gasteiger partial charge >= 0.3 is 6.03 Å². The van der Waals surface area contributed by atoms with E-state index in [1.165, 1.54) is 32.1 Å². The summed E-state index contributed by atoms with van der Waals surface area (Å²) in [7, 11) is 0. The number of urea groups is 1. The van der Waals surface area contributed by atoms with E-state index < -0.39 is 11.6 Å². The molecule has 5 aliphatic rings. The largest absolute Gasteiger partial charge is 0.354 e. The van der Waals surface area contributed by atoms with Gasteiger partial charge < -0.3 is 10.6 Å². The van der Waals surface area contributed by atoms with Crippen LogP contribution in [-0.4, -0.2) is 45.7 Å². The van der Waals surface area contributed by atoms with Gasteiger partial charge in [-0.3, -0.25) is 14.5 Å². The third-order valence-corrected chi connectivity index (χ3v) is 7.45. The molecule has 1 saturated heterocycles. The number of hydrogen-bond acceptors (Lipinski definition) is 3. The number of amides is 4. The van der Waals surface area contributed by atoms with Gasteiger partial charge in [0.25, 0.3) is 5.91 Å². The summed E-state index contributed by atoms with van der Waals surface area (Å²) in [4.78, 5) is 37.5. The Morgan fingerprint density at radius 3 is 2.40 bits per heavy atom. The summed E-state index contributed by atoms with van der Waals surface area (Å²) in [5, 5.41) is 5.62. The van der Waals surface area contributed by atoms with E-state index in [1.54, 1.807) is 13.8 Å². The van der Waals surface area contributed by atoms with E-state index in [0.717, 1.165) is 23.2 Å². The predicted molar refractivity (Wildman–Crippen MR) is 96.1 cm³/mol. The first-order valence-corrected chi connectivity index (χ1v) is 9.99. The first-order valence-electron chi connectivity index (χ1n) is 9.20. The van der Waals surface area contributed by atoms with Crippen molar-refractivity contribution in [3.63, 3.8) is 0 Å². The van der Waals surface area contributed by atoms with Gasteiger partial charge in [0.05, 0.1) is 0 Å². The van der Waals surface area contributed by atoms with Crippen molar-refractivity contribution in [3.05, 3.63) is 0 Å². The zero-order chi connectivity index (χ0) is 18.0. The smallest absolute Gasteiger partial charge is 0.325 e. The molecule has 0 aromatic heterocycles. The van der Waals surface area contributed by atoms with E-state index in [1.807, 2.05) is 0 Å². The maximum Gasteiger partial charge on any atom is 0.325 e. The van der Waals surface area contributed by atoms with Crippen LogP contribution >= 0.6 is 15.9 Å². The lowest BCUT2D eigenvalue weighted by molar-refractivity contribution is -0.134. The number of rotatable bonds is 4. The molecule has 5 rings (SSSR count). The first kappa shape index (κ1) is 17.3. The molecule has 7 heteroatoms. The number of nitrogens with zero attached hydrogens (tertiary/aromatic N) is 1. The molecule has 1 heterocycles. The van der Waals surface area contributed by atoms with Crippen molar-refractivity contribution in [1.29, 1.82) is 0 Å². The Kier molecular flexibility index (Phi) is 3.77. The van der Waals surface area contributed by atoms with Crippen LogP contribution in [0.4, 0.5) is 4.79 Å². The number of alkyl halides is 1. The highest BCUT2D eigenvalue weighted by Gasteiger charge is 2.56. The Hall–Kier alpha value is -1.11. The molecular formula is C18H26BrN3O3. The molecule has 0 aromatic carbocycles. The normalized spacial score (nSPS) is 41.2. The van der Waals surface area contributed by atoms with Crippen LogP contribution in [0, 0.1) is 17.3 Å². The van der Waals surface area contributed by atoms with Crippen LogP contribution in [0.1, 0.15) is 52.4 Å². The number of nitrogens with one attached hydrogen (secondary N) is 2. The second kappa shape index (κ2) is 5.44. The van der Waals surface area contributed by atoms with Crippen molar-refractivity contribution in [3.8, 4) is 0 Å². The molecule has 0 aromatic rings. The highest BCUT2D eigenvalue weighted by molar-refractivity contribution is 9.10. The molecule has 0 radical (unpaired) electrons. The van der Waals surface area contributed by atoms with Gasteiger partial charge in [-0.2, -0.15) is 0 Å². The average Bonchev–Trinajstić information content (AvgIpc) is 2.65. The van der Waals surface area contributed by atoms with Crippen LogP contribution in [0.2, 0.25) is 0 Å². The standard InChI is InChI=1S/C18H26BrN3O3/c1-16(2)14(24)22(15(25)21-16)8-13(23)20-10-17-4-11-3-12(5-17)7-18(19,6-11)9-17/h11-12H,3-10H2,1-2H3,(H,20,23)(H,21,25). The Labute approximate surface area is 156 Å². The van der Waals surface area contributed by atoms with E-state index in [0.29, 0.717) is 6.54 Å². The van der Waals surface area contributed by atoms with E-state index in [4.69, 9.17) is 0 Å². The Balaban J connectivity index is 1.37. The zero-order valence-corrected chi connectivity index (χ0v) is 16.4. The lowest BCUT2D eigenvalue weighted by Crippen LogP contribution is -2.57. The highest BCUT2D eigenvalue weighted by atomic mass is 79.9. The van der Waals surface area contributed by atoms with Gasteiger partial charge in [-0.05, 0) is 69.6 Å². The molecule has 5 fully saturated rings. The molecule has 2 unspecified atom stereocenters. The molecular weight excluding hydrogens is 386 g/mol. The minimum Gasteiger partial charge on any atom is -0.354 e. The third-order valence-electron chi connectivity index (χ3n) is 6.52. The molecule has 25 heavy (non-hydrogen) atoms. The molecule has 2 N–H and O–H groups in total. The van der Waals surface area contributed by atoms with Crippen molar-refractivity contribution in [2.24, 2.45) is 17.3 Å². The first-order chi connectivity index (χ1) is 11.6. The summed E-state index contributed by atoms with van der Waals surface area (Å²) in [6.07, 6.45) is 7.35. The van der Waals surface area contributed by atoms with Gasteiger partial charge in [-0.15, -0.1) is 0 Å². The fourth-order valence-electron chi connectivity index (χ4n) is 5.99. The van der Waals surface area contributed by atoms with Crippen LogP contribution in [0.3, 0.4) is 0 Å². The quantitative estimate of drug-likeness (QED) is 0.549. The molecule has 4 bridgehead atoms.